The van der Waals surface area contributed by atoms with Gasteiger partial charge in [-0.05, 0) is 24.3 Å². The minimum atomic E-state index is -0.280. The molecule has 6 nitrogen and oxygen atoms in total. The molecule has 0 spiro atoms. The highest BCUT2D eigenvalue weighted by Gasteiger charge is 2.29. The summed E-state index contributed by atoms with van der Waals surface area (Å²) in [5.74, 6) is 1.58. The van der Waals surface area contributed by atoms with Crippen molar-refractivity contribution in [1.29, 1.82) is 0 Å². The Bertz CT molecular complexity index is 756. The van der Waals surface area contributed by atoms with Crippen LogP contribution in [0.15, 0.2) is 30.3 Å². The van der Waals surface area contributed by atoms with E-state index in [-0.39, 0.29) is 24.9 Å². The van der Waals surface area contributed by atoms with Crippen molar-refractivity contribution in [3.8, 4) is 23.0 Å². The first kappa shape index (κ1) is 11.9. The van der Waals surface area contributed by atoms with Gasteiger partial charge in [-0.25, -0.2) is 0 Å². The maximum Gasteiger partial charge on any atom is 0.231 e. The Hall–Kier alpha value is -2.89. The van der Waals surface area contributed by atoms with Crippen molar-refractivity contribution >= 4 is 11.5 Å². The molecule has 2 aromatic carbocycles. The molecule has 0 unspecified atom stereocenters. The lowest BCUT2D eigenvalue weighted by atomic mass is 9.99. The molecule has 4 rings (SSSR count). The van der Waals surface area contributed by atoms with Gasteiger partial charge in [-0.15, -0.1) is 0 Å². The van der Waals surface area contributed by atoms with Gasteiger partial charge < -0.3 is 24.7 Å². The fourth-order valence-electron chi connectivity index (χ4n) is 2.47. The molecular formula is C15H11NO5. The lowest BCUT2D eigenvalue weighted by Crippen LogP contribution is -2.08. The summed E-state index contributed by atoms with van der Waals surface area (Å²) in [6, 6.07) is 8.46. The van der Waals surface area contributed by atoms with Crippen molar-refractivity contribution < 1.29 is 23.7 Å². The van der Waals surface area contributed by atoms with Crippen LogP contribution in [0.2, 0.25) is 0 Å². The zero-order valence-electron chi connectivity index (χ0n) is 10.9. The standard InChI is InChI=1S/C15H11NO5/c16-9-4-5-11-15(21-7-19-11)12(9)13(17)8-2-1-3-10-14(8)20-6-18-10/h1-5H,6-7,16H2. The molecule has 2 N–H and O–H groups in total. The van der Waals surface area contributed by atoms with Crippen LogP contribution in [0.1, 0.15) is 15.9 Å². The molecule has 0 atom stereocenters. The predicted molar refractivity (Wildman–Crippen MR) is 73.0 cm³/mol. The lowest BCUT2D eigenvalue weighted by Gasteiger charge is -2.10. The zero-order valence-corrected chi connectivity index (χ0v) is 10.9. The third-order valence-corrected chi connectivity index (χ3v) is 3.44. The number of ketones is 1. The number of ether oxygens (including phenoxy) is 4. The maximum absolute atomic E-state index is 12.8. The SMILES string of the molecule is Nc1ccc2c(c1C(=O)c1cccc3c1OCO3)OCO2. The smallest absolute Gasteiger partial charge is 0.231 e. The van der Waals surface area contributed by atoms with E-state index in [9.17, 15) is 4.79 Å². The van der Waals surface area contributed by atoms with Crippen LogP contribution in [0, 0.1) is 0 Å². The summed E-state index contributed by atoms with van der Waals surface area (Å²) in [5.41, 5.74) is 6.96. The summed E-state index contributed by atoms with van der Waals surface area (Å²) < 4.78 is 21.3. The van der Waals surface area contributed by atoms with Gasteiger partial charge in [-0.1, -0.05) is 6.07 Å². The zero-order chi connectivity index (χ0) is 14.4. The van der Waals surface area contributed by atoms with E-state index in [4.69, 9.17) is 24.7 Å². The molecule has 6 heteroatoms. The van der Waals surface area contributed by atoms with Crippen LogP contribution in [-0.4, -0.2) is 19.4 Å². The van der Waals surface area contributed by atoms with Crippen LogP contribution in [0.4, 0.5) is 5.69 Å². The van der Waals surface area contributed by atoms with Crippen molar-refractivity contribution in [1.82, 2.24) is 0 Å². The van der Waals surface area contributed by atoms with Crippen LogP contribution < -0.4 is 24.7 Å². The Labute approximate surface area is 120 Å². The molecule has 0 fully saturated rings. The number of anilines is 1. The van der Waals surface area contributed by atoms with Crippen LogP contribution in [0.5, 0.6) is 23.0 Å². The number of para-hydroxylation sites is 1. The van der Waals surface area contributed by atoms with Crippen LogP contribution in [0.3, 0.4) is 0 Å². The summed E-state index contributed by atoms with van der Waals surface area (Å²) in [4.78, 5) is 12.8. The van der Waals surface area contributed by atoms with Gasteiger partial charge in [0.2, 0.25) is 19.4 Å². The van der Waals surface area contributed by atoms with Crippen molar-refractivity contribution in [3.63, 3.8) is 0 Å². The molecule has 2 aromatic rings. The van der Waals surface area contributed by atoms with Crippen LogP contribution in [0.25, 0.3) is 0 Å². The maximum atomic E-state index is 12.8. The van der Waals surface area contributed by atoms with Gasteiger partial charge in [-0.3, -0.25) is 4.79 Å². The number of nitrogens with two attached hydrogens (primary N) is 1. The predicted octanol–water partition coefficient (Wildman–Crippen LogP) is 1.96. The van der Waals surface area contributed by atoms with Crippen molar-refractivity contribution in [2.24, 2.45) is 0 Å². The Morgan fingerprint density at radius 2 is 1.62 bits per heavy atom. The van der Waals surface area contributed by atoms with Crippen molar-refractivity contribution in [3.05, 3.63) is 41.5 Å². The van der Waals surface area contributed by atoms with E-state index < -0.39 is 0 Å². The Balaban J connectivity index is 1.87. The fraction of sp³-hybridized carbons (Fsp3) is 0.133. The molecule has 0 amide bonds. The molecule has 0 aromatic heterocycles. The second kappa shape index (κ2) is 4.31. The van der Waals surface area contributed by atoms with E-state index in [1.54, 1.807) is 30.3 Å². The molecule has 106 valence electrons. The number of carbonyl (C=O) groups excluding carboxylic acids is 1. The molecular weight excluding hydrogens is 274 g/mol. The summed E-state index contributed by atoms with van der Waals surface area (Å²) in [6.45, 7) is 0.174. The summed E-state index contributed by atoms with van der Waals surface area (Å²) in [6.07, 6.45) is 0. The quantitative estimate of drug-likeness (QED) is 0.671. The number of rotatable bonds is 2. The fourth-order valence-corrected chi connectivity index (χ4v) is 2.47. The molecule has 0 saturated carbocycles. The third-order valence-electron chi connectivity index (χ3n) is 3.44. The van der Waals surface area contributed by atoms with E-state index in [0.29, 0.717) is 34.2 Å². The van der Waals surface area contributed by atoms with Gasteiger partial charge in [0.05, 0.1) is 11.1 Å². The van der Waals surface area contributed by atoms with Crippen LogP contribution >= 0.6 is 0 Å². The third kappa shape index (κ3) is 1.69. The van der Waals surface area contributed by atoms with Gasteiger partial charge in [0, 0.05) is 5.69 Å². The normalized spacial score (nSPS) is 14.3. The molecule has 2 heterocycles. The highest BCUT2D eigenvalue weighted by molar-refractivity contribution is 6.16. The lowest BCUT2D eigenvalue weighted by molar-refractivity contribution is 0.103. The second-order valence-corrected chi connectivity index (χ2v) is 4.63. The summed E-state index contributed by atoms with van der Waals surface area (Å²) >= 11 is 0. The molecule has 0 saturated heterocycles. The first-order valence-corrected chi connectivity index (χ1v) is 6.37. The Morgan fingerprint density at radius 1 is 0.905 bits per heavy atom. The van der Waals surface area contributed by atoms with E-state index in [2.05, 4.69) is 0 Å². The largest absolute Gasteiger partial charge is 0.454 e. The average Bonchev–Trinajstić information content (AvgIpc) is 3.14. The van der Waals surface area contributed by atoms with E-state index >= 15 is 0 Å². The number of hydrogen-bond donors (Lipinski definition) is 1. The highest BCUT2D eigenvalue weighted by atomic mass is 16.7. The monoisotopic (exact) mass is 285 g/mol. The summed E-state index contributed by atoms with van der Waals surface area (Å²) in [5, 5.41) is 0. The highest BCUT2D eigenvalue weighted by Crippen LogP contribution is 2.42. The van der Waals surface area contributed by atoms with Gasteiger partial charge in [0.15, 0.2) is 23.0 Å². The first-order chi connectivity index (χ1) is 10.3. The molecule has 0 radical (unpaired) electrons. The number of nitrogen functional groups attached to an aromatic ring is 1. The number of benzene rings is 2. The van der Waals surface area contributed by atoms with E-state index in [0.717, 1.165) is 0 Å². The Kier molecular flexibility index (Phi) is 2.44. The van der Waals surface area contributed by atoms with Crippen LogP contribution in [-0.2, 0) is 0 Å². The van der Waals surface area contributed by atoms with Crippen molar-refractivity contribution in [2.45, 2.75) is 0 Å². The molecule has 0 aliphatic carbocycles. The van der Waals surface area contributed by atoms with Gasteiger partial charge in [0.25, 0.3) is 0 Å². The first-order valence-electron chi connectivity index (χ1n) is 6.37. The molecule has 21 heavy (non-hydrogen) atoms. The average molecular weight is 285 g/mol. The molecule has 2 aliphatic rings. The minimum absolute atomic E-state index is 0.0750. The molecule has 2 aliphatic heterocycles. The molecule has 0 bridgehead atoms. The summed E-state index contributed by atoms with van der Waals surface area (Å²) in [7, 11) is 0. The number of carbonyl (C=O) groups is 1. The van der Waals surface area contributed by atoms with Crippen molar-refractivity contribution in [2.75, 3.05) is 19.3 Å². The van der Waals surface area contributed by atoms with E-state index in [1.165, 1.54) is 0 Å². The van der Waals surface area contributed by atoms with Gasteiger partial charge >= 0.3 is 0 Å². The van der Waals surface area contributed by atoms with Gasteiger partial charge in [-0.2, -0.15) is 0 Å². The minimum Gasteiger partial charge on any atom is -0.454 e. The van der Waals surface area contributed by atoms with E-state index in [1.807, 2.05) is 0 Å². The number of hydrogen-bond acceptors (Lipinski definition) is 6. The number of fused-ring (bicyclic) bond motifs is 2. The Morgan fingerprint density at radius 3 is 2.43 bits per heavy atom. The van der Waals surface area contributed by atoms with Gasteiger partial charge in [0.1, 0.15) is 0 Å². The topological polar surface area (TPSA) is 80.0 Å². The second-order valence-electron chi connectivity index (χ2n) is 4.63.